The molecule has 0 saturated carbocycles. The highest BCUT2D eigenvalue weighted by Gasteiger charge is 2.13. The molecule has 7 heteroatoms. The van der Waals surface area contributed by atoms with Crippen molar-refractivity contribution in [1.82, 2.24) is 4.98 Å². The number of rotatable bonds is 8. The first-order valence-corrected chi connectivity index (χ1v) is 9.14. The van der Waals surface area contributed by atoms with Gasteiger partial charge in [-0.2, -0.15) is 0 Å². The number of aromatic carboxylic acids is 1. The number of carboxylic acid groups (broad SMARTS) is 1. The summed E-state index contributed by atoms with van der Waals surface area (Å²) in [5.74, 6) is 0.887. The third-order valence-corrected chi connectivity index (χ3v) is 4.62. The Hall–Kier alpha value is -3.06. The van der Waals surface area contributed by atoms with Crippen LogP contribution in [0.4, 0.5) is 0 Å². The zero-order valence-electron chi connectivity index (χ0n) is 15.0. The predicted octanol–water partition coefficient (Wildman–Crippen LogP) is 4.28. The summed E-state index contributed by atoms with van der Waals surface area (Å²) < 4.78 is 16.8. The van der Waals surface area contributed by atoms with Crippen LogP contribution in [0, 0.1) is 6.92 Å². The predicted molar refractivity (Wildman–Crippen MR) is 103 cm³/mol. The SMILES string of the molecule is COc1ccc(-c2nc(C(=O)O)cs2)cc1OCCOc1cccc(C)c1. The van der Waals surface area contributed by atoms with Crippen LogP contribution in [0.3, 0.4) is 0 Å². The molecule has 0 fully saturated rings. The lowest BCUT2D eigenvalue weighted by molar-refractivity contribution is 0.0691. The minimum atomic E-state index is -1.05. The maximum Gasteiger partial charge on any atom is 0.355 e. The lowest BCUT2D eigenvalue weighted by Crippen LogP contribution is -2.09. The second-order valence-electron chi connectivity index (χ2n) is 5.72. The van der Waals surface area contributed by atoms with E-state index in [0.29, 0.717) is 29.7 Å². The highest BCUT2D eigenvalue weighted by atomic mass is 32.1. The highest BCUT2D eigenvalue weighted by molar-refractivity contribution is 7.13. The van der Waals surface area contributed by atoms with Gasteiger partial charge in [0.15, 0.2) is 17.2 Å². The van der Waals surface area contributed by atoms with Gasteiger partial charge in [0.2, 0.25) is 0 Å². The van der Waals surface area contributed by atoms with Crippen molar-refractivity contribution in [3.8, 4) is 27.8 Å². The molecule has 140 valence electrons. The van der Waals surface area contributed by atoms with Gasteiger partial charge in [0.1, 0.15) is 24.0 Å². The molecule has 1 aromatic heterocycles. The first kappa shape index (κ1) is 18.7. The number of ether oxygens (including phenoxy) is 3. The summed E-state index contributed by atoms with van der Waals surface area (Å²) in [6.45, 7) is 2.73. The van der Waals surface area contributed by atoms with Crippen LogP contribution >= 0.6 is 11.3 Å². The van der Waals surface area contributed by atoms with Gasteiger partial charge in [-0.15, -0.1) is 11.3 Å². The Kier molecular flexibility index (Phi) is 5.93. The normalized spacial score (nSPS) is 10.4. The summed E-state index contributed by atoms with van der Waals surface area (Å²) in [4.78, 5) is 15.1. The second-order valence-corrected chi connectivity index (χ2v) is 6.58. The van der Waals surface area contributed by atoms with E-state index in [0.717, 1.165) is 16.9 Å². The van der Waals surface area contributed by atoms with Crippen molar-refractivity contribution in [2.45, 2.75) is 6.92 Å². The van der Waals surface area contributed by atoms with E-state index in [1.54, 1.807) is 19.2 Å². The van der Waals surface area contributed by atoms with Crippen molar-refractivity contribution in [3.63, 3.8) is 0 Å². The highest BCUT2D eigenvalue weighted by Crippen LogP contribution is 2.33. The van der Waals surface area contributed by atoms with Crippen LogP contribution in [-0.2, 0) is 0 Å². The minimum Gasteiger partial charge on any atom is -0.493 e. The number of nitrogens with zero attached hydrogens (tertiary/aromatic N) is 1. The molecule has 0 radical (unpaired) electrons. The molecular weight excluding hydrogens is 366 g/mol. The fraction of sp³-hybridized carbons (Fsp3) is 0.200. The Bertz CT molecular complexity index is 938. The lowest BCUT2D eigenvalue weighted by Gasteiger charge is -2.12. The van der Waals surface area contributed by atoms with E-state index >= 15 is 0 Å². The van der Waals surface area contributed by atoms with Crippen molar-refractivity contribution >= 4 is 17.3 Å². The van der Waals surface area contributed by atoms with Gasteiger partial charge in [-0.25, -0.2) is 9.78 Å². The van der Waals surface area contributed by atoms with Crippen LogP contribution < -0.4 is 14.2 Å². The molecule has 1 N–H and O–H groups in total. The Morgan fingerprint density at radius 3 is 2.63 bits per heavy atom. The third kappa shape index (κ3) is 4.77. The summed E-state index contributed by atoms with van der Waals surface area (Å²) in [6, 6.07) is 13.2. The van der Waals surface area contributed by atoms with Gasteiger partial charge in [-0.3, -0.25) is 0 Å². The maximum atomic E-state index is 11.0. The number of methoxy groups -OCH3 is 1. The molecular formula is C20H19NO5S. The Morgan fingerprint density at radius 1 is 1.11 bits per heavy atom. The van der Waals surface area contributed by atoms with E-state index in [-0.39, 0.29) is 5.69 Å². The van der Waals surface area contributed by atoms with E-state index in [4.69, 9.17) is 19.3 Å². The van der Waals surface area contributed by atoms with Crippen LogP contribution in [0.5, 0.6) is 17.2 Å². The van der Waals surface area contributed by atoms with Crippen LogP contribution in [0.15, 0.2) is 47.8 Å². The molecule has 0 amide bonds. The van der Waals surface area contributed by atoms with Gasteiger partial charge < -0.3 is 19.3 Å². The van der Waals surface area contributed by atoms with Crippen LogP contribution in [0.2, 0.25) is 0 Å². The van der Waals surface area contributed by atoms with Crippen molar-refractivity contribution in [1.29, 1.82) is 0 Å². The molecule has 0 saturated heterocycles. The van der Waals surface area contributed by atoms with Crippen LogP contribution in [0.1, 0.15) is 16.1 Å². The third-order valence-electron chi connectivity index (χ3n) is 3.73. The molecule has 3 aromatic rings. The fourth-order valence-electron chi connectivity index (χ4n) is 2.44. The zero-order valence-corrected chi connectivity index (χ0v) is 15.8. The molecule has 0 aliphatic rings. The molecule has 6 nitrogen and oxygen atoms in total. The van der Waals surface area contributed by atoms with Crippen LogP contribution in [-0.4, -0.2) is 36.4 Å². The molecule has 0 atom stereocenters. The number of aromatic nitrogens is 1. The van der Waals surface area contributed by atoms with Gasteiger partial charge in [0, 0.05) is 10.9 Å². The Morgan fingerprint density at radius 2 is 1.93 bits per heavy atom. The average molecular weight is 385 g/mol. The van der Waals surface area contributed by atoms with E-state index in [1.165, 1.54) is 16.7 Å². The molecule has 0 spiro atoms. The molecule has 3 rings (SSSR count). The largest absolute Gasteiger partial charge is 0.493 e. The number of benzene rings is 2. The Balaban J connectivity index is 1.67. The number of carbonyl (C=O) groups is 1. The monoisotopic (exact) mass is 385 g/mol. The zero-order chi connectivity index (χ0) is 19.2. The standard InChI is InChI=1S/C20H19NO5S/c1-13-4-3-5-15(10-13)25-8-9-26-18-11-14(6-7-17(18)24-2)19-21-16(12-27-19)20(22)23/h3-7,10-12H,8-9H2,1-2H3,(H,22,23). The fourth-order valence-corrected chi connectivity index (χ4v) is 3.23. The quantitative estimate of drug-likeness (QED) is 0.583. The van der Waals surface area contributed by atoms with Crippen molar-refractivity contribution in [2.75, 3.05) is 20.3 Å². The second kappa shape index (κ2) is 8.55. The molecule has 2 aromatic carbocycles. The summed E-state index contributed by atoms with van der Waals surface area (Å²) >= 11 is 1.27. The first-order chi connectivity index (χ1) is 13.1. The summed E-state index contributed by atoms with van der Waals surface area (Å²) in [5, 5.41) is 11.1. The van der Waals surface area contributed by atoms with Crippen molar-refractivity contribution in [3.05, 3.63) is 59.1 Å². The lowest BCUT2D eigenvalue weighted by atomic mass is 10.2. The number of thiazole rings is 1. The summed E-state index contributed by atoms with van der Waals surface area (Å²) in [7, 11) is 1.57. The number of carboxylic acids is 1. The number of hydrogen-bond acceptors (Lipinski definition) is 6. The molecule has 0 bridgehead atoms. The summed E-state index contributed by atoms with van der Waals surface area (Å²) in [5.41, 5.74) is 1.93. The molecule has 0 aliphatic heterocycles. The van der Waals surface area contributed by atoms with Gasteiger partial charge in [-0.05, 0) is 42.8 Å². The Labute approximate surface area is 161 Å². The van der Waals surface area contributed by atoms with E-state index in [1.807, 2.05) is 37.3 Å². The van der Waals surface area contributed by atoms with E-state index in [9.17, 15) is 4.79 Å². The molecule has 27 heavy (non-hydrogen) atoms. The van der Waals surface area contributed by atoms with Gasteiger partial charge in [-0.1, -0.05) is 12.1 Å². The summed E-state index contributed by atoms with van der Waals surface area (Å²) in [6.07, 6.45) is 0. The average Bonchev–Trinajstić information content (AvgIpc) is 3.16. The smallest absolute Gasteiger partial charge is 0.355 e. The van der Waals surface area contributed by atoms with Gasteiger partial charge in [0.25, 0.3) is 0 Å². The van der Waals surface area contributed by atoms with E-state index in [2.05, 4.69) is 4.98 Å². The molecule has 1 heterocycles. The number of aryl methyl sites for hydroxylation is 1. The van der Waals surface area contributed by atoms with Crippen molar-refractivity contribution < 1.29 is 24.1 Å². The molecule has 0 unspecified atom stereocenters. The topological polar surface area (TPSA) is 77.9 Å². The van der Waals surface area contributed by atoms with Crippen LogP contribution in [0.25, 0.3) is 10.6 Å². The van der Waals surface area contributed by atoms with Crippen molar-refractivity contribution in [2.24, 2.45) is 0 Å². The number of hydrogen-bond donors (Lipinski definition) is 1. The first-order valence-electron chi connectivity index (χ1n) is 8.26. The minimum absolute atomic E-state index is 0.0276. The maximum absolute atomic E-state index is 11.0. The van der Waals surface area contributed by atoms with Gasteiger partial charge >= 0.3 is 5.97 Å². The molecule has 0 aliphatic carbocycles. The van der Waals surface area contributed by atoms with E-state index < -0.39 is 5.97 Å². The van der Waals surface area contributed by atoms with Gasteiger partial charge in [0.05, 0.1) is 7.11 Å².